The lowest BCUT2D eigenvalue weighted by atomic mass is 10.0. The van der Waals surface area contributed by atoms with Crippen LogP contribution in [-0.4, -0.2) is 12.9 Å². The molecule has 17 heavy (non-hydrogen) atoms. The highest BCUT2D eigenvalue weighted by atomic mass is 16.5. The quantitative estimate of drug-likeness (QED) is 0.736. The molecule has 3 heteroatoms. The van der Waals surface area contributed by atoms with E-state index in [0.717, 1.165) is 5.56 Å². The van der Waals surface area contributed by atoms with Gasteiger partial charge in [0.15, 0.2) is 5.88 Å². The lowest BCUT2D eigenvalue weighted by Crippen LogP contribution is -2.23. The third-order valence-electron chi connectivity index (χ3n) is 2.61. The van der Waals surface area contributed by atoms with Gasteiger partial charge in [-0.15, -0.1) is 0 Å². The van der Waals surface area contributed by atoms with Gasteiger partial charge in [0.05, 0.1) is 13.2 Å². The van der Waals surface area contributed by atoms with E-state index >= 15 is 0 Å². The minimum Gasteiger partial charge on any atom is -0.483 e. The number of methoxy groups -OCH3 is 1. The Morgan fingerprint density at radius 2 is 2.06 bits per heavy atom. The van der Waals surface area contributed by atoms with Crippen molar-refractivity contribution in [3.05, 3.63) is 48.4 Å². The summed E-state index contributed by atoms with van der Waals surface area (Å²) in [5.74, 6) is 0.693. The SMILES string of the molecule is C=C(N[C@H](CC(=O)CC)c1ccccc1)OC. The van der Waals surface area contributed by atoms with Crippen LogP contribution < -0.4 is 5.32 Å². The van der Waals surface area contributed by atoms with Gasteiger partial charge < -0.3 is 10.1 Å². The Labute approximate surface area is 102 Å². The van der Waals surface area contributed by atoms with Crippen LogP contribution in [0, 0.1) is 0 Å². The monoisotopic (exact) mass is 233 g/mol. The van der Waals surface area contributed by atoms with E-state index in [4.69, 9.17) is 4.74 Å². The molecule has 0 bridgehead atoms. The van der Waals surface area contributed by atoms with E-state index in [1.807, 2.05) is 37.3 Å². The number of ketones is 1. The third-order valence-corrected chi connectivity index (χ3v) is 2.61. The van der Waals surface area contributed by atoms with E-state index in [-0.39, 0.29) is 11.8 Å². The van der Waals surface area contributed by atoms with Crippen molar-refractivity contribution in [1.82, 2.24) is 5.32 Å². The molecule has 1 N–H and O–H groups in total. The summed E-state index contributed by atoms with van der Waals surface area (Å²) < 4.78 is 5.00. The molecule has 0 amide bonds. The lowest BCUT2D eigenvalue weighted by molar-refractivity contribution is -0.119. The van der Waals surface area contributed by atoms with E-state index in [9.17, 15) is 4.79 Å². The number of hydrogen-bond donors (Lipinski definition) is 1. The minimum atomic E-state index is -0.0731. The molecule has 0 fully saturated rings. The van der Waals surface area contributed by atoms with Crippen LogP contribution in [0.1, 0.15) is 31.4 Å². The molecule has 1 aromatic rings. The van der Waals surface area contributed by atoms with E-state index < -0.39 is 0 Å². The molecule has 3 nitrogen and oxygen atoms in total. The molecule has 1 rings (SSSR count). The second kappa shape index (κ2) is 6.74. The highest BCUT2D eigenvalue weighted by molar-refractivity contribution is 5.78. The number of nitrogens with one attached hydrogen (secondary N) is 1. The fourth-order valence-electron chi connectivity index (χ4n) is 1.56. The first-order chi connectivity index (χ1) is 8.17. The number of benzene rings is 1. The molecule has 0 aliphatic rings. The lowest BCUT2D eigenvalue weighted by Gasteiger charge is -2.20. The van der Waals surface area contributed by atoms with Gasteiger partial charge in [0, 0.05) is 12.8 Å². The van der Waals surface area contributed by atoms with Crippen LogP contribution in [0.25, 0.3) is 0 Å². The van der Waals surface area contributed by atoms with Crippen molar-refractivity contribution >= 4 is 5.78 Å². The third kappa shape index (κ3) is 4.31. The average molecular weight is 233 g/mol. The van der Waals surface area contributed by atoms with Crippen LogP contribution in [0.3, 0.4) is 0 Å². The summed E-state index contributed by atoms with van der Waals surface area (Å²) in [6.07, 6.45) is 0.993. The van der Waals surface area contributed by atoms with Crippen LogP contribution in [0.4, 0.5) is 0 Å². The number of carbonyl (C=O) groups is 1. The predicted molar refractivity (Wildman–Crippen MR) is 68.4 cm³/mol. The molecule has 0 heterocycles. The van der Waals surface area contributed by atoms with Gasteiger partial charge in [-0.3, -0.25) is 4.79 Å². The number of Topliss-reactive ketones (excluding diaryl/α,β-unsaturated/α-hetero) is 1. The van der Waals surface area contributed by atoms with Crippen molar-refractivity contribution in [2.24, 2.45) is 0 Å². The van der Waals surface area contributed by atoms with Crippen molar-refractivity contribution in [2.45, 2.75) is 25.8 Å². The molecular formula is C14H19NO2. The second-order valence-corrected chi connectivity index (χ2v) is 3.83. The van der Waals surface area contributed by atoms with Gasteiger partial charge in [-0.25, -0.2) is 0 Å². The molecule has 92 valence electrons. The Kier molecular flexibility index (Phi) is 5.27. The molecule has 0 saturated heterocycles. The zero-order valence-corrected chi connectivity index (χ0v) is 10.4. The highest BCUT2D eigenvalue weighted by Gasteiger charge is 2.15. The topological polar surface area (TPSA) is 38.3 Å². The fourth-order valence-corrected chi connectivity index (χ4v) is 1.56. The van der Waals surface area contributed by atoms with E-state index in [0.29, 0.717) is 18.7 Å². The second-order valence-electron chi connectivity index (χ2n) is 3.83. The zero-order valence-electron chi connectivity index (χ0n) is 10.4. The number of hydrogen-bond acceptors (Lipinski definition) is 3. The van der Waals surface area contributed by atoms with E-state index in [2.05, 4.69) is 11.9 Å². The predicted octanol–water partition coefficient (Wildman–Crippen LogP) is 2.80. The maximum absolute atomic E-state index is 11.6. The maximum atomic E-state index is 11.6. The van der Waals surface area contributed by atoms with E-state index in [1.165, 1.54) is 0 Å². The van der Waals surface area contributed by atoms with Gasteiger partial charge in [0.2, 0.25) is 0 Å². The molecule has 0 unspecified atom stereocenters. The van der Waals surface area contributed by atoms with Gasteiger partial charge in [-0.1, -0.05) is 37.3 Å². The first kappa shape index (κ1) is 13.3. The summed E-state index contributed by atoms with van der Waals surface area (Å²) in [5, 5.41) is 3.11. The van der Waals surface area contributed by atoms with Crippen LogP contribution in [0.2, 0.25) is 0 Å². The number of ether oxygens (including phenoxy) is 1. The summed E-state index contributed by atoms with van der Waals surface area (Å²) in [6.45, 7) is 5.60. The number of rotatable bonds is 7. The molecule has 0 aliphatic heterocycles. The molecule has 1 aromatic carbocycles. The number of carbonyl (C=O) groups excluding carboxylic acids is 1. The first-order valence-corrected chi connectivity index (χ1v) is 5.73. The Morgan fingerprint density at radius 3 is 2.59 bits per heavy atom. The molecule has 0 aromatic heterocycles. The van der Waals surface area contributed by atoms with E-state index in [1.54, 1.807) is 7.11 Å². The van der Waals surface area contributed by atoms with Crippen molar-refractivity contribution < 1.29 is 9.53 Å². The molecule has 0 radical (unpaired) electrons. The summed E-state index contributed by atoms with van der Waals surface area (Å²) >= 11 is 0. The molecule has 0 aliphatic carbocycles. The standard InChI is InChI=1S/C14H19NO2/c1-4-13(16)10-14(15-11(2)17-3)12-8-6-5-7-9-12/h5-9,14-15H,2,4,10H2,1,3H3/t14-/m1/s1. The molecule has 1 atom stereocenters. The van der Waals surface area contributed by atoms with Crippen LogP contribution in [0.5, 0.6) is 0 Å². The summed E-state index contributed by atoms with van der Waals surface area (Å²) in [5.41, 5.74) is 1.06. The van der Waals surface area contributed by atoms with Crippen LogP contribution in [-0.2, 0) is 9.53 Å². The summed E-state index contributed by atoms with van der Waals surface area (Å²) in [6, 6.07) is 9.77. The van der Waals surface area contributed by atoms with Crippen molar-refractivity contribution in [3.8, 4) is 0 Å². The largest absolute Gasteiger partial charge is 0.483 e. The molecule has 0 saturated carbocycles. The summed E-state index contributed by atoms with van der Waals surface area (Å²) in [7, 11) is 1.55. The molecular weight excluding hydrogens is 214 g/mol. The zero-order chi connectivity index (χ0) is 12.7. The van der Waals surface area contributed by atoms with Crippen molar-refractivity contribution in [3.63, 3.8) is 0 Å². The summed E-state index contributed by atoms with van der Waals surface area (Å²) in [4.78, 5) is 11.6. The smallest absolute Gasteiger partial charge is 0.179 e. The van der Waals surface area contributed by atoms with Gasteiger partial charge in [0.1, 0.15) is 5.78 Å². The van der Waals surface area contributed by atoms with Crippen molar-refractivity contribution in [2.75, 3.05) is 7.11 Å². The Balaban J connectivity index is 2.79. The Hall–Kier alpha value is -1.77. The fraction of sp³-hybridized carbons (Fsp3) is 0.357. The van der Waals surface area contributed by atoms with Crippen LogP contribution >= 0.6 is 0 Å². The van der Waals surface area contributed by atoms with Gasteiger partial charge in [0.25, 0.3) is 0 Å². The highest BCUT2D eigenvalue weighted by Crippen LogP contribution is 2.18. The Morgan fingerprint density at radius 1 is 1.41 bits per heavy atom. The maximum Gasteiger partial charge on any atom is 0.179 e. The van der Waals surface area contributed by atoms with Crippen LogP contribution in [0.15, 0.2) is 42.8 Å². The average Bonchev–Trinajstić information content (AvgIpc) is 2.38. The van der Waals surface area contributed by atoms with Gasteiger partial charge in [-0.05, 0) is 12.1 Å². The normalized spacial score (nSPS) is 11.6. The Bertz CT molecular complexity index is 355. The first-order valence-electron chi connectivity index (χ1n) is 5.73. The van der Waals surface area contributed by atoms with Gasteiger partial charge in [-0.2, -0.15) is 0 Å². The van der Waals surface area contributed by atoms with Crippen molar-refractivity contribution in [1.29, 1.82) is 0 Å². The minimum absolute atomic E-state index is 0.0731. The van der Waals surface area contributed by atoms with Gasteiger partial charge >= 0.3 is 0 Å². The molecule has 0 spiro atoms.